The van der Waals surface area contributed by atoms with Gasteiger partial charge in [0.05, 0.1) is 0 Å². The Balaban J connectivity index is 2.09. The van der Waals surface area contributed by atoms with Gasteiger partial charge in [-0.25, -0.2) is 0 Å². The van der Waals surface area contributed by atoms with E-state index in [-0.39, 0.29) is 5.92 Å². The van der Waals surface area contributed by atoms with Crippen LogP contribution in [-0.4, -0.2) is 23.3 Å². The number of nitrogens with one attached hydrogen (secondary N) is 1. The van der Waals surface area contributed by atoms with E-state index in [0.29, 0.717) is 18.8 Å². The second-order valence-corrected chi connectivity index (χ2v) is 6.00. The average Bonchev–Trinajstić information content (AvgIpc) is 2.60. The molecule has 0 fully saturated rings. The third-order valence-electron chi connectivity index (χ3n) is 3.91. The summed E-state index contributed by atoms with van der Waals surface area (Å²) in [6.07, 6.45) is 0. The third kappa shape index (κ3) is 4.44. The summed E-state index contributed by atoms with van der Waals surface area (Å²) >= 11 is 0. The molecule has 0 aliphatic rings. The maximum Gasteiger partial charge on any atom is 0.313 e. The molecule has 0 atom stereocenters. The summed E-state index contributed by atoms with van der Waals surface area (Å²) in [7, 11) is 0. The summed E-state index contributed by atoms with van der Waals surface area (Å²) in [4.78, 5) is 26.4. The van der Waals surface area contributed by atoms with Crippen molar-refractivity contribution < 1.29 is 9.59 Å². The zero-order valence-corrected chi connectivity index (χ0v) is 14.5. The molecule has 2 amide bonds. The quantitative estimate of drug-likeness (QED) is 0.851. The van der Waals surface area contributed by atoms with Crippen molar-refractivity contribution in [3.05, 3.63) is 65.7 Å². The summed E-state index contributed by atoms with van der Waals surface area (Å²) in [6.45, 7) is 6.89. The average molecular weight is 324 g/mol. The molecule has 0 unspecified atom stereocenters. The van der Waals surface area contributed by atoms with Gasteiger partial charge in [0.2, 0.25) is 0 Å². The highest BCUT2D eigenvalue weighted by molar-refractivity contribution is 6.39. The van der Waals surface area contributed by atoms with Crippen molar-refractivity contribution in [2.75, 3.05) is 11.9 Å². The number of carbonyl (C=O) groups is 2. The molecule has 2 aromatic carbocycles. The lowest BCUT2D eigenvalue weighted by Crippen LogP contribution is -2.39. The van der Waals surface area contributed by atoms with Crippen LogP contribution in [0.3, 0.4) is 0 Å². The van der Waals surface area contributed by atoms with Gasteiger partial charge in [-0.2, -0.15) is 0 Å². The molecule has 0 aliphatic heterocycles. The first-order chi connectivity index (χ1) is 11.5. The summed E-state index contributed by atoms with van der Waals surface area (Å²) in [5.41, 5.74) is 2.72. The number of amides is 2. The van der Waals surface area contributed by atoms with Gasteiger partial charge >= 0.3 is 11.8 Å². The van der Waals surface area contributed by atoms with Crippen LogP contribution in [0.15, 0.2) is 54.6 Å². The summed E-state index contributed by atoms with van der Waals surface area (Å²) in [5.74, 6) is -0.844. The highest BCUT2D eigenvalue weighted by Gasteiger charge is 2.22. The summed E-state index contributed by atoms with van der Waals surface area (Å²) in [5, 5.41) is 2.76. The van der Waals surface area contributed by atoms with E-state index in [1.165, 1.54) is 0 Å². The number of para-hydroxylation sites is 1. The van der Waals surface area contributed by atoms with Crippen LogP contribution < -0.4 is 5.32 Å². The number of rotatable bonds is 5. The van der Waals surface area contributed by atoms with Gasteiger partial charge in [0.25, 0.3) is 0 Å². The predicted molar refractivity (Wildman–Crippen MR) is 96.7 cm³/mol. The first kappa shape index (κ1) is 17.7. The van der Waals surface area contributed by atoms with Crippen LogP contribution >= 0.6 is 0 Å². The van der Waals surface area contributed by atoms with E-state index in [1.54, 1.807) is 4.90 Å². The number of benzene rings is 2. The fourth-order valence-corrected chi connectivity index (χ4v) is 2.56. The lowest BCUT2D eigenvalue weighted by molar-refractivity contribution is -0.143. The van der Waals surface area contributed by atoms with E-state index < -0.39 is 11.8 Å². The molecule has 4 nitrogen and oxygen atoms in total. The SMILES string of the molecule is CCN(Cc1ccccc1)C(=O)C(=O)Nc1ccccc1C(C)C. The zero-order valence-electron chi connectivity index (χ0n) is 14.5. The smallest absolute Gasteiger partial charge is 0.313 e. The first-order valence-electron chi connectivity index (χ1n) is 8.26. The van der Waals surface area contributed by atoms with Gasteiger partial charge < -0.3 is 10.2 Å². The molecule has 4 heteroatoms. The molecular formula is C20H24N2O2. The van der Waals surface area contributed by atoms with E-state index in [4.69, 9.17) is 0 Å². The van der Waals surface area contributed by atoms with E-state index in [9.17, 15) is 9.59 Å². The van der Waals surface area contributed by atoms with Gasteiger partial charge in [-0.05, 0) is 30.0 Å². The Bertz CT molecular complexity index is 696. The van der Waals surface area contributed by atoms with Crippen LogP contribution in [-0.2, 0) is 16.1 Å². The standard InChI is InChI=1S/C20H24N2O2/c1-4-22(14-16-10-6-5-7-11-16)20(24)19(23)21-18-13-9-8-12-17(18)15(2)3/h5-13,15H,4,14H2,1-3H3,(H,21,23). The largest absolute Gasteiger partial charge is 0.330 e. The van der Waals surface area contributed by atoms with E-state index in [0.717, 1.165) is 11.1 Å². The number of carbonyl (C=O) groups excluding carboxylic acids is 2. The van der Waals surface area contributed by atoms with Crippen molar-refractivity contribution in [1.82, 2.24) is 4.90 Å². The molecule has 0 radical (unpaired) electrons. The minimum absolute atomic E-state index is 0.267. The molecule has 0 saturated heterocycles. The summed E-state index contributed by atoms with van der Waals surface area (Å²) in [6, 6.07) is 17.2. The van der Waals surface area contributed by atoms with Crippen LogP contribution in [0.4, 0.5) is 5.69 Å². The molecule has 0 saturated carbocycles. The van der Waals surface area contributed by atoms with Gasteiger partial charge in [-0.15, -0.1) is 0 Å². The zero-order chi connectivity index (χ0) is 17.5. The number of likely N-dealkylation sites (N-methyl/N-ethyl adjacent to an activating group) is 1. The van der Waals surface area contributed by atoms with Gasteiger partial charge in [-0.1, -0.05) is 62.4 Å². The molecular weight excluding hydrogens is 300 g/mol. The third-order valence-corrected chi connectivity index (χ3v) is 3.91. The molecule has 2 aromatic rings. The Morgan fingerprint density at radius 1 is 1.00 bits per heavy atom. The molecule has 0 heterocycles. The molecule has 1 N–H and O–H groups in total. The lowest BCUT2D eigenvalue weighted by atomic mass is 10.0. The number of hydrogen-bond acceptors (Lipinski definition) is 2. The fourth-order valence-electron chi connectivity index (χ4n) is 2.56. The van der Waals surface area contributed by atoms with Gasteiger partial charge in [-0.3, -0.25) is 9.59 Å². The topological polar surface area (TPSA) is 49.4 Å². The second kappa shape index (κ2) is 8.29. The highest BCUT2D eigenvalue weighted by Crippen LogP contribution is 2.23. The molecule has 0 bridgehead atoms. The van der Waals surface area contributed by atoms with Crippen LogP contribution in [0.1, 0.15) is 37.8 Å². The number of nitrogens with zero attached hydrogens (tertiary/aromatic N) is 1. The Labute approximate surface area is 143 Å². The van der Waals surface area contributed by atoms with Crippen LogP contribution in [0.5, 0.6) is 0 Å². The maximum atomic E-state index is 12.5. The second-order valence-electron chi connectivity index (χ2n) is 6.00. The van der Waals surface area contributed by atoms with Crippen molar-refractivity contribution >= 4 is 17.5 Å². The van der Waals surface area contributed by atoms with Crippen molar-refractivity contribution in [1.29, 1.82) is 0 Å². The molecule has 2 rings (SSSR count). The lowest BCUT2D eigenvalue weighted by Gasteiger charge is -2.21. The molecule has 0 aliphatic carbocycles. The Kier molecular flexibility index (Phi) is 6.13. The number of anilines is 1. The van der Waals surface area contributed by atoms with Crippen molar-refractivity contribution in [3.8, 4) is 0 Å². The molecule has 126 valence electrons. The van der Waals surface area contributed by atoms with Crippen LogP contribution in [0.2, 0.25) is 0 Å². The minimum atomic E-state index is -0.596. The first-order valence-corrected chi connectivity index (χ1v) is 8.26. The van der Waals surface area contributed by atoms with Crippen LogP contribution in [0.25, 0.3) is 0 Å². The normalized spacial score (nSPS) is 10.5. The summed E-state index contributed by atoms with van der Waals surface area (Å²) < 4.78 is 0. The van der Waals surface area contributed by atoms with Crippen LogP contribution in [0, 0.1) is 0 Å². The van der Waals surface area contributed by atoms with Gasteiger partial charge in [0.15, 0.2) is 0 Å². The van der Waals surface area contributed by atoms with Crippen molar-refractivity contribution in [2.24, 2.45) is 0 Å². The van der Waals surface area contributed by atoms with E-state index >= 15 is 0 Å². The maximum absolute atomic E-state index is 12.5. The Morgan fingerprint density at radius 3 is 2.25 bits per heavy atom. The van der Waals surface area contributed by atoms with Crippen molar-refractivity contribution in [3.63, 3.8) is 0 Å². The Hall–Kier alpha value is -2.62. The van der Waals surface area contributed by atoms with Gasteiger partial charge in [0.1, 0.15) is 0 Å². The number of hydrogen-bond donors (Lipinski definition) is 1. The monoisotopic (exact) mass is 324 g/mol. The van der Waals surface area contributed by atoms with Crippen molar-refractivity contribution in [2.45, 2.75) is 33.2 Å². The fraction of sp³-hybridized carbons (Fsp3) is 0.300. The minimum Gasteiger partial charge on any atom is -0.330 e. The predicted octanol–water partition coefficient (Wildman–Crippen LogP) is 3.80. The molecule has 24 heavy (non-hydrogen) atoms. The molecule has 0 spiro atoms. The molecule has 0 aromatic heterocycles. The van der Waals surface area contributed by atoms with E-state index in [2.05, 4.69) is 19.2 Å². The Morgan fingerprint density at radius 2 is 1.62 bits per heavy atom. The highest BCUT2D eigenvalue weighted by atomic mass is 16.2. The van der Waals surface area contributed by atoms with Gasteiger partial charge in [0, 0.05) is 18.8 Å². The van der Waals surface area contributed by atoms with E-state index in [1.807, 2.05) is 61.5 Å².